The summed E-state index contributed by atoms with van der Waals surface area (Å²) in [6.07, 6.45) is 8.22. The van der Waals surface area contributed by atoms with Gasteiger partial charge < -0.3 is 9.80 Å². The second kappa shape index (κ2) is 12.1. The van der Waals surface area contributed by atoms with E-state index in [0.717, 1.165) is 17.8 Å². The Bertz CT molecular complexity index is 2610. The molecule has 3 aliphatic heterocycles. The highest BCUT2D eigenvalue weighted by Gasteiger charge is 2.60. The molecule has 14 rings (SSSR count). The number of hydrogen-bond donors (Lipinski definition) is 0. The third kappa shape index (κ3) is 4.50. The van der Waals surface area contributed by atoms with Crippen LogP contribution in [0.1, 0.15) is 38.5 Å². The van der Waals surface area contributed by atoms with Crippen LogP contribution in [0.3, 0.4) is 0 Å². The second-order valence-electron chi connectivity index (χ2n) is 17.8. The Kier molecular flexibility index (Phi) is 6.99. The fourth-order valence-electron chi connectivity index (χ4n) is 13.4. The van der Waals surface area contributed by atoms with Gasteiger partial charge in [0, 0.05) is 43.8 Å². The van der Waals surface area contributed by atoms with Crippen molar-refractivity contribution in [2.45, 2.75) is 53.9 Å². The molecule has 0 aromatic heterocycles. The molecule has 5 heteroatoms. The van der Waals surface area contributed by atoms with Gasteiger partial charge in [-0.3, -0.25) is 0 Å². The van der Waals surface area contributed by atoms with Crippen LogP contribution in [0, 0.1) is 17.8 Å². The number of anilines is 5. The van der Waals surface area contributed by atoms with Crippen LogP contribution in [0.4, 0.5) is 28.4 Å². The van der Waals surface area contributed by atoms with Crippen molar-refractivity contribution < 1.29 is 0 Å². The normalized spacial score (nSPS) is 23.6. The largest absolute Gasteiger partial charge is 0.336 e. The number of para-hydroxylation sites is 2. The van der Waals surface area contributed by atoms with Crippen LogP contribution in [-0.4, -0.2) is 20.3 Å². The van der Waals surface area contributed by atoms with Gasteiger partial charge in [0.1, 0.15) is 0 Å². The van der Waals surface area contributed by atoms with Gasteiger partial charge in [-0.05, 0) is 136 Å². The summed E-state index contributed by atoms with van der Waals surface area (Å²) in [7, 11) is -2.74. The Labute approximate surface area is 341 Å². The van der Waals surface area contributed by atoms with Crippen molar-refractivity contribution in [2.75, 3.05) is 9.80 Å². The summed E-state index contributed by atoms with van der Waals surface area (Å²) in [4.78, 5) is 8.35. The third-order valence-corrected chi connectivity index (χ3v) is 20.8. The van der Waals surface area contributed by atoms with Crippen molar-refractivity contribution in [3.05, 3.63) is 170 Å². The lowest BCUT2D eigenvalue weighted by atomic mass is 9.34. The zero-order valence-electron chi connectivity index (χ0n) is 32.0. The molecule has 0 atom stereocenters. The number of benzene rings is 7. The standard InChI is InChI=1S/C52H43BN2SSi/c1-5-15-38(16-6-1)54(39-17-7-2-8-18-39)40-30-44-49-46(31-40)56-45-24-14-26-48-51(45)53(49)50-43(55(44)52-32-35-27-36(33-52)29-37(28-35)34-52)23-13-25-47(50)57(48,41-19-9-3-10-20-41)42-21-11-4-12-22-42/h1-26,30-31,35-37H,27-29,32-34H2. The van der Waals surface area contributed by atoms with Crippen LogP contribution in [0.25, 0.3) is 0 Å². The molecule has 0 unspecified atom stereocenters. The van der Waals surface area contributed by atoms with Gasteiger partial charge in [-0.25, -0.2) is 0 Å². The van der Waals surface area contributed by atoms with E-state index in [-0.39, 0.29) is 12.3 Å². The van der Waals surface area contributed by atoms with Gasteiger partial charge >= 0.3 is 0 Å². The highest BCUT2D eigenvalue weighted by atomic mass is 32.2. The monoisotopic (exact) mass is 766 g/mol. The Balaban J connectivity index is 1.15. The van der Waals surface area contributed by atoms with Crippen molar-refractivity contribution in [1.82, 2.24) is 0 Å². The van der Waals surface area contributed by atoms with Crippen molar-refractivity contribution in [3.63, 3.8) is 0 Å². The first-order valence-corrected chi connectivity index (χ1v) is 24.0. The van der Waals surface area contributed by atoms with E-state index >= 15 is 0 Å². The third-order valence-electron chi connectivity index (χ3n) is 14.8. The molecular weight excluding hydrogens is 724 g/mol. The minimum Gasteiger partial charge on any atom is -0.336 e. The predicted molar refractivity (Wildman–Crippen MR) is 243 cm³/mol. The summed E-state index contributed by atoms with van der Waals surface area (Å²) in [6, 6.07) is 65.4. The second-order valence-corrected chi connectivity index (χ2v) is 22.6. The summed E-state index contributed by atoms with van der Waals surface area (Å²) in [6.45, 7) is 0.197. The number of rotatable bonds is 6. The van der Waals surface area contributed by atoms with Gasteiger partial charge in [-0.1, -0.05) is 139 Å². The molecule has 4 fully saturated rings. The number of nitrogens with zero attached hydrogens (tertiary/aromatic N) is 2. The lowest BCUT2D eigenvalue weighted by Gasteiger charge is -2.63. The van der Waals surface area contributed by atoms with E-state index in [0.29, 0.717) is 0 Å². The fraction of sp³-hybridized carbons (Fsp3) is 0.192. The zero-order valence-corrected chi connectivity index (χ0v) is 33.8. The van der Waals surface area contributed by atoms with Gasteiger partial charge in [0.25, 0.3) is 0 Å². The van der Waals surface area contributed by atoms with Crippen LogP contribution < -0.4 is 46.9 Å². The summed E-state index contributed by atoms with van der Waals surface area (Å²) >= 11 is 2.03. The zero-order chi connectivity index (χ0) is 37.3. The van der Waals surface area contributed by atoms with Crippen LogP contribution in [0.15, 0.2) is 180 Å². The summed E-state index contributed by atoms with van der Waals surface area (Å²) in [5, 5.41) is 6.12. The molecule has 3 heterocycles. The molecule has 0 amide bonds. The molecule has 57 heavy (non-hydrogen) atoms. The van der Waals surface area contributed by atoms with Crippen LogP contribution in [0.2, 0.25) is 0 Å². The van der Waals surface area contributed by atoms with Crippen LogP contribution in [0.5, 0.6) is 0 Å². The van der Waals surface area contributed by atoms with Gasteiger partial charge in [0.15, 0.2) is 8.07 Å². The molecule has 0 spiro atoms. The van der Waals surface area contributed by atoms with E-state index < -0.39 is 8.07 Å². The first-order valence-electron chi connectivity index (χ1n) is 21.1. The maximum atomic E-state index is 3.01. The average Bonchev–Trinajstić information content (AvgIpc) is 3.25. The minimum absolute atomic E-state index is 0.122. The Hall–Kier alpha value is -5.23. The fourth-order valence-corrected chi connectivity index (χ4v) is 20.0. The van der Waals surface area contributed by atoms with Crippen molar-refractivity contribution in [1.29, 1.82) is 0 Å². The average molecular weight is 767 g/mol. The van der Waals surface area contributed by atoms with E-state index in [9.17, 15) is 0 Å². The topological polar surface area (TPSA) is 6.48 Å². The van der Waals surface area contributed by atoms with E-state index in [1.807, 2.05) is 11.8 Å². The maximum absolute atomic E-state index is 3.01. The summed E-state index contributed by atoms with van der Waals surface area (Å²) in [5.41, 5.74) is 11.4. The molecule has 0 saturated heterocycles. The minimum atomic E-state index is -2.74. The highest BCUT2D eigenvalue weighted by molar-refractivity contribution is 8.00. The summed E-state index contributed by atoms with van der Waals surface area (Å²) in [5.74, 6) is 2.50. The molecule has 0 N–H and O–H groups in total. The van der Waals surface area contributed by atoms with Gasteiger partial charge in [0.2, 0.25) is 6.71 Å². The van der Waals surface area contributed by atoms with Crippen molar-refractivity contribution >= 4 is 92.1 Å². The molecule has 274 valence electrons. The van der Waals surface area contributed by atoms with E-state index in [4.69, 9.17) is 0 Å². The molecule has 7 aromatic carbocycles. The van der Waals surface area contributed by atoms with Gasteiger partial charge in [-0.2, -0.15) is 0 Å². The first kappa shape index (κ1) is 32.8. The van der Waals surface area contributed by atoms with Crippen LogP contribution >= 0.6 is 11.8 Å². The molecule has 7 aliphatic rings. The number of hydrogen-bond acceptors (Lipinski definition) is 3. The lowest BCUT2D eigenvalue weighted by Crippen LogP contribution is -2.88. The van der Waals surface area contributed by atoms with Crippen molar-refractivity contribution in [2.24, 2.45) is 17.8 Å². The maximum Gasteiger partial charge on any atom is 0.249 e. The smallest absolute Gasteiger partial charge is 0.249 e. The highest BCUT2D eigenvalue weighted by Crippen LogP contribution is 2.60. The first-order chi connectivity index (χ1) is 28.2. The quantitative estimate of drug-likeness (QED) is 0.158. The van der Waals surface area contributed by atoms with E-state index in [1.165, 1.54) is 87.1 Å². The molecule has 0 radical (unpaired) electrons. The molecule has 2 nitrogen and oxygen atoms in total. The predicted octanol–water partition coefficient (Wildman–Crippen LogP) is 8.25. The Morgan fingerprint density at radius 2 is 1.02 bits per heavy atom. The Morgan fingerprint density at radius 1 is 0.491 bits per heavy atom. The lowest BCUT2D eigenvalue weighted by molar-refractivity contribution is 0.000632. The molecular formula is C52H43BN2SSi. The van der Waals surface area contributed by atoms with Crippen LogP contribution in [-0.2, 0) is 0 Å². The summed E-state index contributed by atoms with van der Waals surface area (Å²) < 4.78 is 0. The molecule has 4 bridgehead atoms. The molecule has 4 saturated carbocycles. The SMILES string of the molecule is c1ccc(N(c2ccccc2)c2cc3c4c(c2)N(C25CC6CC(CC(C6)C2)C5)c2cccc5c2B4c2c(cccc2[Si]5(c2ccccc2)c2ccccc2)S3)cc1. The van der Waals surface area contributed by atoms with Gasteiger partial charge in [-0.15, -0.1) is 0 Å². The van der Waals surface area contributed by atoms with E-state index in [1.54, 1.807) is 26.8 Å². The molecule has 7 aromatic rings. The molecule has 4 aliphatic carbocycles. The van der Waals surface area contributed by atoms with Gasteiger partial charge in [0.05, 0.1) is 0 Å². The Morgan fingerprint density at radius 3 is 1.60 bits per heavy atom. The van der Waals surface area contributed by atoms with Crippen molar-refractivity contribution in [3.8, 4) is 0 Å². The van der Waals surface area contributed by atoms with E-state index in [2.05, 4.69) is 180 Å².